The van der Waals surface area contributed by atoms with Crippen LogP contribution in [0.3, 0.4) is 0 Å². The van der Waals surface area contributed by atoms with Crippen molar-refractivity contribution in [2.45, 2.75) is 52.9 Å². The molecular formula is C16H30N2O3. The zero-order chi connectivity index (χ0) is 15.8. The van der Waals surface area contributed by atoms with Crippen molar-refractivity contribution in [3.05, 3.63) is 0 Å². The van der Waals surface area contributed by atoms with Crippen LogP contribution in [0.2, 0.25) is 0 Å². The third kappa shape index (κ3) is 6.82. The molecule has 5 nitrogen and oxygen atoms in total. The molecule has 0 aromatic rings. The Kier molecular flexibility index (Phi) is 7.54. The molecule has 0 radical (unpaired) electrons. The molecule has 0 heterocycles. The summed E-state index contributed by atoms with van der Waals surface area (Å²) in [6.45, 7) is 7.10. The Morgan fingerprint density at radius 3 is 2.43 bits per heavy atom. The fraction of sp³-hybridized carbons (Fsp3) is 0.875. The highest BCUT2D eigenvalue weighted by Gasteiger charge is 2.22. The lowest BCUT2D eigenvalue weighted by molar-refractivity contribution is -0.142. The molecule has 3 N–H and O–H groups in total. The highest BCUT2D eigenvalue weighted by molar-refractivity contribution is 5.75. The third-order valence-electron chi connectivity index (χ3n) is 4.43. The zero-order valence-electron chi connectivity index (χ0n) is 13.5. The van der Waals surface area contributed by atoms with E-state index in [0.29, 0.717) is 30.7 Å². The summed E-state index contributed by atoms with van der Waals surface area (Å²) in [4.78, 5) is 22.9. The molecule has 1 saturated carbocycles. The first-order chi connectivity index (χ1) is 9.90. The van der Waals surface area contributed by atoms with Gasteiger partial charge in [-0.05, 0) is 30.6 Å². The summed E-state index contributed by atoms with van der Waals surface area (Å²) in [5, 5.41) is 14.7. The van der Waals surface area contributed by atoms with Crippen LogP contribution in [-0.4, -0.2) is 30.2 Å². The Labute approximate surface area is 127 Å². The Bertz CT molecular complexity index is 344. The second-order valence-corrected chi connectivity index (χ2v) is 6.78. The van der Waals surface area contributed by atoms with E-state index in [1.807, 2.05) is 13.8 Å². The second-order valence-electron chi connectivity index (χ2n) is 6.78. The predicted molar refractivity (Wildman–Crippen MR) is 83.1 cm³/mol. The third-order valence-corrected chi connectivity index (χ3v) is 4.43. The molecule has 0 aromatic heterocycles. The van der Waals surface area contributed by atoms with E-state index in [0.717, 1.165) is 0 Å². The van der Waals surface area contributed by atoms with Crippen molar-refractivity contribution in [3.63, 3.8) is 0 Å². The minimum Gasteiger partial charge on any atom is -0.481 e. The van der Waals surface area contributed by atoms with E-state index >= 15 is 0 Å². The van der Waals surface area contributed by atoms with Crippen molar-refractivity contribution in [1.29, 1.82) is 0 Å². The van der Waals surface area contributed by atoms with Crippen LogP contribution in [-0.2, 0) is 4.79 Å². The highest BCUT2D eigenvalue weighted by Crippen LogP contribution is 2.28. The molecule has 0 spiro atoms. The molecule has 5 heteroatoms. The molecule has 0 aliphatic heterocycles. The lowest BCUT2D eigenvalue weighted by atomic mass is 9.80. The molecule has 3 atom stereocenters. The van der Waals surface area contributed by atoms with E-state index in [4.69, 9.17) is 5.11 Å². The average molecular weight is 298 g/mol. The highest BCUT2D eigenvalue weighted by atomic mass is 16.4. The molecule has 2 amide bonds. The molecule has 1 fully saturated rings. The van der Waals surface area contributed by atoms with Crippen LogP contribution < -0.4 is 10.6 Å². The van der Waals surface area contributed by atoms with Gasteiger partial charge in [-0.25, -0.2) is 4.79 Å². The summed E-state index contributed by atoms with van der Waals surface area (Å²) in [7, 11) is 0. The molecule has 0 saturated heterocycles. The van der Waals surface area contributed by atoms with E-state index in [1.165, 1.54) is 25.7 Å². The molecule has 1 rings (SSSR count). The summed E-state index contributed by atoms with van der Waals surface area (Å²) in [6, 6.07) is -0.247. The van der Waals surface area contributed by atoms with Gasteiger partial charge in [-0.2, -0.15) is 0 Å². The number of hydrogen-bond acceptors (Lipinski definition) is 2. The van der Waals surface area contributed by atoms with Gasteiger partial charge >= 0.3 is 12.0 Å². The number of carboxylic acids is 1. The number of amides is 2. The minimum atomic E-state index is -0.843. The fourth-order valence-corrected chi connectivity index (χ4v) is 3.04. The molecule has 0 bridgehead atoms. The van der Waals surface area contributed by atoms with Crippen LogP contribution in [0.25, 0.3) is 0 Å². The van der Waals surface area contributed by atoms with Crippen molar-refractivity contribution in [1.82, 2.24) is 10.6 Å². The minimum absolute atomic E-state index is 0.194. The van der Waals surface area contributed by atoms with Crippen LogP contribution in [0.5, 0.6) is 0 Å². The van der Waals surface area contributed by atoms with Crippen LogP contribution in [0.4, 0.5) is 4.79 Å². The van der Waals surface area contributed by atoms with Crippen LogP contribution >= 0.6 is 0 Å². The van der Waals surface area contributed by atoms with E-state index < -0.39 is 11.9 Å². The average Bonchev–Trinajstić information content (AvgIpc) is 2.41. The van der Waals surface area contributed by atoms with Crippen molar-refractivity contribution in [2.24, 2.45) is 23.7 Å². The van der Waals surface area contributed by atoms with Gasteiger partial charge in [0.1, 0.15) is 0 Å². The summed E-state index contributed by atoms with van der Waals surface area (Å²) in [6.07, 6.45) is 5.53. The summed E-state index contributed by atoms with van der Waals surface area (Å²) in [5.41, 5.74) is 0. The molecular weight excluding hydrogens is 268 g/mol. The van der Waals surface area contributed by atoms with E-state index in [-0.39, 0.29) is 12.6 Å². The standard InChI is InChI=1S/C16H30N2O3/c1-11(2)8-14(15(19)20)10-18-16(21)17-9-13-7-5-4-6-12(13)3/h11-14H,4-10H2,1-3H3,(H,19,20)(H2,17,18,21). The quantitative estimate of drug-likeness (QED) is 0.676. The number of aliphatic carboxylic acids is 1. The number of rotatable bonds is 7. The number of nitrogens with one attached hydrogen (secondary N) is 2. The number of carboxylic acid groups (broad SMARTS) is 1. The van der Waals surface area contributed by atoms with Gasteiger partial charge in [0.2, 0.25) is 0 Å². The van der Waals surface area contributed by atoms with Gasteiger partial charge in [-0.3, -0.25) is 4.79 Å². The van der Waals surface area contributed by atoms with E-state index in [1.54, 1.807) is 0 Å². The normalized spacial score (nSPS) is 23.6. The van der Waals surface area contributed by atoms with Crippen molar-refractivity contribution in [3.8, 4) is 0 Å². The van der Waals surface area contributed by atoms with Crippen molar-refractivity contribution >= 4 is 12.0 Å². The Balaban J connectivity index is 2.27. The number of hydrogen-bond donors (Lipinski definition) is 3. The molecule has 21 heavy (non-hydrogen) atoms. The van der Waals surface area contributed by atoms with Gasteiger partial charge in [-0.1, -0.05) is 40.0 Å². The molecule has 1 aliphatic rings. The van der Waals surface area contributed by atoms with Gasteiger partial charge in [0.05, 0.1) is 5.92 Å². The largest absolute Gasteiger partial charge is 0.481 e. The number of carbonyl (C=O) groups excluding carboxylic acids is 1. The lowest BCUT2D eigenvalue weighted by Crippen LogP contribution is -2.43. The van der Waals surface area contributed by atoms with E-state index in [2.05, 4.69) is 17.6 Å². The Hall–Kier alpha value is -1.26. The maximum absolute atomic E-state index is 11.8. The Morgan fingerprint density at radius 1 is 1.19 bits per heavy atom. The van der Waals surface area contributed by atoms with Crippen LogP contribution in [0.1, 0.15) is 52.9 Å². The lowest BCUT2D eigenvalue weighted by Gasteiger charge is -2.28. The monoisotopic (exact) mass is 298 g/mol. The van der Waals surface area contributed by atoms with Crippen LogP contribution in [0, 0.1) is 23.7 Å². The second kappa shape index (κ2) is 8.90. The Morgan fingerprint density at radius 2 is 1.86 bits per heavy atom. The maximum Gasteiger partial charge on any atom is 0.314 e. The predicted octanol–water partition coefficient (Wildman–Crippen LogP) is 2.86. The first-order valence-electron chi connectivity index (χ1n) is 8.14. The van der Waals surface area contributed by atoms with Gasteiger partial charge in [-0.15, -0.1) is 0 Å². The number of urea groups is 1. The maximum atomic E-state index is 11.8. The first-order valence-corrected chi connectivity index (χ1v) is 8.14. The van der Waals surface area contributed by atoms with Gasteiger partial charge in [0.15, 0.2) is 0 Å². The molecule has 1 aliphatic carbocycles. The molecule has 3 unspecified atom stereocenters. The summed E-state index contributed by atoms with van der Waals surface area (Å²) < 4.78 is 0. The van der Waals surface area contributed by atoms with Gasteiger partial charge in [0, 0.05) is 13.1 Å². The fourth-order valence-electron chi connectivity index (χ4n) is 3.04. The SMILES string of the molecule is CC(C)CC(CNC(=O)NCC1CCCCC1C)C(=O)O. The van der Waals surface area contributed by atoms with Crippen LogP contribution in [0.15, 0.2) is 0 Å². The van der Waals surface area contributed by atoms with Crippen molar-refractivity contribution in [2.75, 3.05) is 13.1 Å². The topological polar surface area (TPSA) is 78.4 Å². The van der Waals surface area contributed by atoms with E-state index in [9.17, 15) is 9.59 Å². The van der Waals surface area contributed by atoms with Gasteiger partial charge in [0.25, 0.3) is 0 Å². The first kappa shape index (κ1) is 17.8. The van der Waals surface area contributed by atoms with Crippen molar-refractivity contribution < 1.29 is 14.7 Å². The number of carbonyl (C=O) groups is 2. The summed E-state index contributed by atoms with van der Waals surface area (Å²) >= 11 is 0. The smallest absolute Gasteiger partial charge is 0.314 e. The van der Waals surface area contributed by atoms with Gasteiger partial charge < -0.3 is 15.7 Å². The molecule has 122 valence electrons. The zero-order valence-corrected chi connectivity index (χ0v) is 13.5. The molecule has 0 aromatic carbocycles. The summed E-state index contributed by atoms with van der Waals surface area (Å²) in [5.74, 6) is 0.163.